The summed E-state index contributed by atoms with van der Waals surface area (Å²) in [5.41, 5.74) is 6.07. The van der Waals surface area contributed by atoms with Crippen LogP contribution in [0.15, 0.2) is 114 Å². The van der Waals surface area contributed by atoms with Crippen LogP contribution in [0, 0.1) is 13.8 Å². The van der Waals surface area contributed by atoms with Crippen LogP contribution < -0.4 is 10.0 Å². The van der Waals surface area contributed by atoms with Gasteiger partial charge in [-0.25, -0.2) is 13.1 Å². The van der Waals surface area contributed by atoms with Crippen molar-refractivity contribution in [2.24, 2.45) is 0 Å². The van der Waals surface area contributed by atoms with Crippen LogP contribution in [0.25, 0.3) is 22.2 Å². The third-order valence-electron chi connectivity index (χ3n) is 8.62. The van der Waals surface area contributed by atoms with Gasteiger partial charge in [-0.2, -0.15) is 0 Å². The number of H-pyrrole nitrogens is 1. The van der Waals surface area contributed by atoms with E-state index in [1.165, 1.54) is 28.6 Å². The van der Waals surface area contributed by atoms with Crippen LogP contribution in [-0.4, -0.2) is 64.7 Å². The molecule has 0 saturated heterocycles. The van der Waals surface area contributed by atoms with Crippen LogP contribution in [-0.2, 0) is 32.5 Å². The van der Waals surface area contributed by atoms with E-state index >= 15 is 0 Å². The van der Waals surface area contributed by atoms with E-state index in [1.54, 1.807) is 43.6 Å². The highest BCUT2D eigenvalue weighted by Crippen LogP contribution is 2.22. The molecule has 51 heavy (non-hydrogen) atoms. The molecule has 0 aliphatic heterocycles. The number of rotatable bonds is 12. The fourth-order valence-electron chi connectivity index (χ4n) is 6.03. The van der Waals surface area contributed by atoms with Crippen molar-refractivity contribution in [1.29, 1.82) is 0 Å². The zero-order valence-electron chi connectivity index (χ0n) is 28.2. The van der Waals surface area contributed by atoms with Crippen molar-refractivity contribution in [1.82, 2.24) is 29.5 Å². The van der Waals surface area contributed by atoms with Crippen molar-refractivity contribution in [3.05, 3.63) is 136 Å². The lowest BCUT2D eigenvalue weighted by molar-refractivity contribution is -0.130. The molecular weight excluding hydrogens is 685 g/mol. The van der Waals surface area contributed by atoms with Crippen LogP contribution in [0.5, 0.6) is 0 Å². The van der Waals surface area contributed by atoms with Crippen molar-refractivity contribution in [3.8, 4) is 11.3 Å². The summed E-state index contributed by atoms with van der Waals surface area (Å²) in [6, 6.07) is 25.5. The summed E-state index contributed by atoms with van der Waals surface area (Å²) in [6.07, 6.45) is 1.82. The molecule has 3 N–H and O–H groups in total. The molecule has 0 saturated carbocycles. The van der Waals surface area contributed by atoms with Gasteiger partial charge in [-0.15, -0.1) is 5.10 Å². The number of amides is 3. The van der Waals surface area contributed by atoms with Crippen molar-refractivity contribution < 1.29 is 22.8 Å². The van der Waals surface area contributed by atoms with Crippen LogP contribution >= 0.6 is 11.5 Å². The Balaban J connectivity index is 1.33. The number of carbonyl (C=O) groups is 3. The van der Waals surface area contributed by atoms with E-state index in [-0.39, 0.29) is 23.6 Å². The number of fused-ring (bicyclic) bond motifs is 1. The number of hydrogen-bond donors (Lipinski definition) is 3. The van der Waals surface area contributed by atoms with Crippen LogP contribution in [0.1, 0.15) is 32.6 Å². The second kappa shape index (κ2) is 15.1. The minimum Gasteiger partial charge on any atom is -0.361 e. The summed E-state index contributed by atoms with van der Waals surface area (Å²) >= 11 is 1.24. The number of benzene rings is 4. The molecular formula is C38H36N6O5S2. The van der Waals surface area contributed by atoms with Gasteiger partial charge in [0.05, 0.1) is 4.90 Å². The third kappa shape index (κ3) is 8.22. The van der Waals surface area contributed by atoms with Crippen molar-refractivity contribution in [3.63, 3.8) is 0 Å². The molecule has 0 radical (unpaired) electrons. The standard InChI is InChI=1S/C38H36N6O5S2/c1-24-17-25(2)19-28(18-24)38(47)44(3)35(20-26-13-15-27(16-14-26)34-23-50-43-41-34)37(46)40-33(21-29-22-39-32-12-8-7-11-31(29)32)36(45)42-51(48,49)30-9-5-4-6-10-30/h4-19,22-23,33,35,39H,20-21H2,1-3H3,(H,40,46)(H,42,45). The number of para-hydroxylation sites is 1. The Labute approximate surface area is 299 Å². The number of nitrogens with zero attached hydrogens (tertiary/aromatic N) is 3. The van der Waals surface area contributed by atoms with Gasteiger partial charge in [-0.1, -0.05) is 82.3 Å². The number of hydrogen-bond acceptors (Lipinski definition) is 8. The molecule has 0 spiro atoms. The molecule has 6 aromatic rings. The fourth-order valence-corrected chi connectivity index (χ4v) is 7.54. The molecule has 0 fully saturated rings. The highest BCUT2D eigenvalue weighted by atomic mass is 32.2. The van der Waals surface area contributed by atoms with Crippen LogP contribution in [0.3, 0.4) is 0 Å². The first-order valence-electron chi connectivity index (χ1n) is 16.2. The first kappa shape index (κ1) is 35.2. The molecule has 0 bridgehead atoms. The van der Waals surface area contributed by atoms with Gasteiger partial charge in [-0.3, -0.25) is 14.4 Å². The van der Waals surface area contributed by atoms with E-state index in [2.05, 4.69) is 24.6 Å². The normalized spacial score (nSPS) is 12.6. The summed E-state index contributed by atoms with van der Waals surface area (Å²) in [6.45, 7) is 3.79. The maximum absolute atomic E-state index is 14.4. The van der Waals surface area contributed by atoms with Gasteiger partial charge in [0.25, 0.3) is 21.8 Å². The van der Waals surface area contributed by atoms with Crippen molar-refractivity contribution in [2.45, 2.75) is 43.7 Å². The molecule has 2 aromatic heterocycles. The molecule has 0 aliphatic rings. The van der Waals surface area contributed by atoms with Gasteiger partial charge < -0.3 is 15.2 Å². The first-order valence-corrected chi connectivity index (χ1v) is 18.5. The molecule has 6 rings (SSSR count). The zero-order valence-corrected chi connectivity index (χ0v) is 29.8. The molecule has 11 nitrogen and oxygen atoms in total. The summed E-state index contributed by atoms with van der Waals surface area (Å²) in [5.74, 6) is -1.92. The van der Waals surface area contributed by atoms with E-state index in [9.17, 15) is 22.8 Å². The number of nitrogens with one attached hydrogen (secondary N) is 3. The monoisotopic (exact) mass is 720 g/mol. The molecule has 2 atom stereocenters. The quantitative estimate of drug-likeness (QED) is 0.157. The highest BCUT2D eigenvalue weighted by Gasteiger charge is 2.33. The Morgan fingerprint density at radius 1 is 0.863 bits per heavy atom. The molecule has 2 unspecified atom stereocenters. The van der Waals surface area contributed by atoms with Gasteiger partial charge in [0, 0.05) is 53.5 Å². The topological polar surface area (TPSA) is 154 Å². The smallest absolute Gasteiger partial charge is 0.264 e. The second-order valence-electron chi connectivity index (χ2n) is 12.4. The van der Waals surface area contributed by atoms with Gasteiger partial charge in [-0.05, 0) is 66.8 Å². The van der Waals surface area contributed by atoms with Gasteiger partial charge in [0.1, 0.15) is 17.8 Å². The summed E-state index contributed by atoms with van der Waals surface area (Å²) in [5, 5.41) is 9.59. The van der Waals surface area contributed by atoms with Crippen molar-refractivity contribution in [2.75, 3.05) is 7.05 Å². The molecule has 3 amide bonds. The Morgan fingerprint density at radius 3 is 2.24 bits per heavy atom. The van der Waals surface area contributed by atoms with Gasteiger partial charge in [0.2, 0.25) is 5.91 Å². The average molecular weight is 721 g/mol. The maximum Gasteiger partial charge on any atom is 0.264 e. The van der Waals surface area contributed by atoms with Crippen LogP contribution in [0.2, 0.25) is 0 Å². The minimum absolute atomic E-state index is 0.0241. The lowest BCUT2D eigenvalue weighted by Gasteiger charge is -2.29. The third-order valence-corrected chi connectivity index (χ3v) is 10.5. The summed E-state index contributed by atoms with van der Waals surface area (Å²) in [7, 11) is -2.71. The first-order chi connectivity index (χ1) is 24.5. The second-order valence-corrected chi connectivity index (χ2v) is 14.7. The van der Waals surface area contributed by atoms with Crippen molar-refractivity contribution >= 4 is 50.2 Å². The molecule has 260 valence electrons. The van der Waals surface area contributed by atoms with E-state index in [4.69, 9.17) is 0 Å². The predicted octanol–water partition coefficient (Wildman–Crippen LogP) is 5.22. The van der Waals surface area contributed by atoms with E-state index in [1.807, 2.05) is 73.8 Å². The average Bonchev–Trinajstić information content (AvgIpc) is 3.81. The molecule has 0 aliphatic carbocycles. The Morgan fingerprint density at radius 2 is 1.55 bits per heavy atom. The largest absolute Gasteiger partial charge is 0.361 e. The summed E-state index contributed by atoms with van der Waals surface area (Å²) < 4.78 is 32.5. The number of sulfonamides is 1. The predicted molar refractivity (Wildman–Crippen MR) is 197 cm³/mol. The number of likely N-dealkylation sites (N-methyl/N-ethyl adjacent to an activating group) is 1. The number of carbonyl (C=O) groups excluding carboxylic acids is 3. The fraction of sp³-hybridized carbons (Fsp3) is 0.184. The zero-order chi connectivity index (χ0) is 36.1. The lowest BCUT2D eigenvalue weighted by atomic mass is 9.99. The summed E-state index contributed by atoms with van der Waals surface area (Å²) in [4.78, 5) is 46.6. The Bertz CT molecular complexity index is 2270. The Kier molecular flexibility index (Phi) is 10.4. The van der Waals surface area contributed by atoms with Crippen LogP contribution in [0.4, 0.5) is 0 Å². The highest BCUT2D eigenvalue weighted by molar-refractivity contribution is 7.90. The Hall–Kier alpha value is -5.66. The number of aryl methyl sites for hydroxylation is 2. The SMILES string of the molecule is Cc1cc(C)cc(C(=O)N(C)C(Cc2ccc(-c3csnn3)cc2)C(=O)NC(Cc2c[nH]c3ccccc23)C(=O)NS(=O)(=O)c2ccccc2)c1. The lowest BCUT2D eigenvalue weighted by Crippen LogP contribution is -2.56. The minimum atomic E-state index is -4.26. The van der Waals surface area contributed by atoms with E-state index in [0.717, 1.165) is 38.9 Å². The number of aromatic amines is 1. The molecule has 2 heterocycles. The van der Waals surface area contributed by atoms with E-state index < -0.39 is 33.9 Å². The maximum atomic E-state index is 14.4. The molecule has 13 heteroatoms. The number of aromatic nitrogens is 3. The molecule has 4 aromatic carbocycles. The van der Waals surface area contributed by atoms with Gasteiger partial charge >= 0.3 is 0 Å². The van der Waals surface area contributed by atoms with E-state index in [0.29, 0.717) is 11.1 Å². The van der Waals surface area contributed by atoms with Gasteiger partial charge in [0.15, 0.2) is 0 Å².